The molecule has 1 unspecified atom stereocenters. The van der Waals surface area contributed by atoms with Gasteiger partial charge in [0.25, 0.3) is 0 Å². The molecule has 39 heavy (non-hydrogen) atoms. The number of benzene rings is 2. The molecule has 0 radical (unpaired) electrons. The summed E-state index contributed by atoms with van der Waals surface area (Å²) in [7, 11) is 4.95. The van der Waals surface area contributed by atoms with E-state index in [1.54, 1.807) is 26.2 Å². The number of allylic oxidation sites excluding steroid dienone is 1. The molecule has 0 saturated carbocycles. The van der Waals surface area contributed by atoms with Crippen molar-refractivity contribution in [3.63, 3.8) is 0 Å². The van der Waals surface area contributed by atoms with Crippen LogP contribution in [0.3, 0.4) is 0 Å². The van der Waals surface area contributed by atoms with Crippen LogP contribution in [0.15, 0.2) is 75.9 Å². The Kier molecular flexibility index (Phi) is 8.39. The maximum Gasteiger partial charge on any atom is 0.338 e. The van der Waals surface area contributed by atoms with E-state index in [1.807, 2.05) is 86.5 Å². The molecule has 2 aliphatic heterocycles. The van der Waals surface area contributed by atoms with Crippen LogP contribution < -0.4 is 9.47 Å². The van der Waals surface area contributed by atoms with Gasteiger partial charge in [0.1, 0.15) is 5.60 Å². The SMILES string of the molecule is COc1ccc(C2C(C(=O)OC(C)(C)C)=C(C)N=C3SC=C(CC(=O)N(C)Cc4ccccc4)N32)cc1OC. The summed E-state index contributed by atoms with van der Waals surface area (Å²) in [6, 6.07) is 14.9. The van der Waals surface area contributed by atoms with Crippen LogP contribution in [0.4, 0.5) is 0 Å². The molecule has 2 aromatic rings. The number of methoxy groups -OCH3 is 2. The van der Waals surface area contributed by atoms with Crippen LogP contribution in [0.5, 0.6) is 11.5 Å². The maximum absolute atomic E-state index is 13.6. The lowest BCUT2D eigenvalue weighted by molar-refractivity contribution is -0.150. The number of esters is 1. The Bertz CT molecular complexity index is 1340. The maximum atomic E-state index is 13.6. The van der Waals surface area contributed by atoms with Gasteiger partial charge in [-0.3, -0.25) is 4.79 Å². The minimum Gasteiger partial charge on any atom is -0.493 e. The van der Waals surface area contributed by atoms with E-state index < -0.39 is 17.6 Å². The van der Waals surface area contributed by atoms with Crippen LogP contribution in [-0.4, -0.2) is 53.7 Å². The van der Waals surface area contributed by atoms with Gasteiger partial charge >= 0.3 is 5.97 Å². The van der Waals surface area contributed by atoms with Crippen molar-refractivity contribution in [1.82, 2.24) is 9.80 Å². The molecule has 9 heteroatoms. The summed E-state index contributed by atoms with van der Waals surface area (Å²) in [6.45, 7) is 7.82. The highest BCUT2D eigenvalue weighted by molar-refractivity contribution is 8.16. The highest BCUT2D eigenvalue weighted by Gasteiger charge is 2.42. The average molecular weight is 550 g/mol. The van der Waals surface area contributed by atoms with Crippen molar-refractivity contribution in [2.75, 3.05) is 21.3 Å². The fourth-order valence-corrected chi connectivity index (χ4v) is 5.50. The number of amidine groups is 1. The Balaban J connectivity index is 1.71. The van der Waals surface area contributed by atoms with E-state index in [2.05, 4.69) is 0 Å². The third-order valence-electron chi connectivity index (χ3n) is 6.36. The van der Waals surface area contributed by atoms with Gasteiger partial charge < -0.3 is 24.0 Å². The number of aliphatic imine (C=N–C) groups is 1. The van der Waals surface area contributed by atoms with Gasteiger partial charge in [-0.15, -0.1) is 0 Å². The predicted octanol–water partition coefficient (Wildman–Crippen LogP) is 5.67. The lowest BCUT2D eigenvalue weighted by atomic mass is 9.93. The van der Waals surface area contributed by atoms with E-state index in [0.29, 0.717) is 34.5 Å². The third-order valence-corrected chi connectivity index (χ3v) is 7.25. The first-order valence-electron chi connectivity index (χ1n) is 12.7. The minimum absolute atomic E-state index is 0.0388. The van der Waals surface area contributed by atoms with Crippen LogP contribution >= 0.6 is 11.8 Å². The van der Waals surface area contributed by atoms with E-state index in [1.165, 1.54) is 11.8 Å². The molecule has 206 valence electrons. The Morgan fingerprint density at radius 2 is 1.74 bits per heavy atom. The van der Waals surface area contributed by atoms with Crippen molar-refractivity contribution >= 4 is 28.8 Å². The van der Waals surface area contributed by atoms with Gasteiger partial charge in [0.2, 0.25) is 5.91 Å². The van der Waals surface area contributed by atoms with Crippen LogP contribution in [0.1, 0.15) is 51.3 Å². The van der Waals surface area contributed by atoms with E-state index >= 15 is 0 Å². The molecule has 8 nitrogen and oxygen atoms in total. The monoisotopic (exact) mass is 549 g/mol. The van der Waals surface area contributed by atoms with Gasteiger partial charge in [0.05, 0.1) is 38.0 Å². The van der Waals surface area contributed by atoms with Crippen LogP contribution in [-0.2, 0) is 20.9 Å². The molecule has 0 aliphatic carbocycles. The summed E-state index contributed by atoms with van der Waals surface area (Å²) in [5.41, 5.74) is 2.91. The van der Waals surface area contributed by atoms with Gasteiger partial charge in [0, 0.05) is 19.3 Å². The zero-order chi connectivity index (χ0) is 28.3. The second-order valence-corrected chi connectivity index (χ2v) is 11.3. The molecule has 0 N–H and O–H groups in total. The number of carbonyl (C=O) groups is 2. The van der Waals surface area contributed by atoms with Gasteiger partial charge in [-0.25, -0.2) is 9.79 Å². The summed E-state index contributed by atoms with van der Waals surface area (Å²) >= 11 is 1.44. The molecular weight excluding hydrogens is 514 g/mol. The zero-order valence-corrected chi connectivity index (χ0v) is 24.3. The smallest absolute Gasteiger partial charge is 0.338 e. The van der Waals surface area contributed by atoms with Crippen molar-refractivity contribution in [1.29, 1.82) is 0 Å². The third kappa shape index (κ3) is 6.30. The van der Waals surface area contributed by atoms with Gasteiger partial charge in [-0.1, -0.05) is 48.2 Å². The Hall–Kier alpha value is -3.72. The molecule has 0 saturated heterocycles. The fraction of sp³-hybridized carbons (Fsp3) is 0.367. The average Bonchev–Trinajstić information content (AvgIpc) is 3.28. The van der Waals surface area contributed by atoms with Crippen LogP contribution in [0.25, 0.3) is 0 Å². The molecular formula is C30H35N3O5S. The molecule has 1 atom stereocenters. The number of thioether (sulfide) groups is 1. The van der Waals surface area contributed by atoms with Crippen molar-refractivity contribution < 1.29 is 23.8 Å². The van der Waals surface area contributed by atoms with Crippen LogP contribution in [0.2, 0.25) is 0 Å². The topological polar surface area (TPSA) is 80.7 Å². The minimum atomic E-state index is -0.689. The summed E-state index contributed by atoms with van der Waals surface area (Å²) in [5.74, 6) is 0.625. The Labute approximate surface area is 234 Å². The predicted molar refractivity (Wildman–Crippen MR) is 153 cm³/mol. The van der Waals surface area contributed by atoms with Crippen molar-refractivity contribution in [3.05, 3.63) is 82.0 Å². The number of nitrogens with zero attached hydrogens (tertiary/aromatic N) is 3. The Morgan fingerprint density at radius 3 is 2.38 bits per heavy atom. The first kappa shape index (κ1) is 28.3. The number of rotatable bonds is 8. The fourth-order valence-electron chi connectivity index (χ4n) is 4.54. The molecule has 2 aromatic carbocycles. The molecule has 0 aromatic heterocycles. The van der Waals surface area contributed by atoms with Gasteiger partial charge in [0.15, 0.2) is 16.7 Å². The standard InChI is InChI=1S/C30H35N3O5S/c1-19-26(28(35)38-30(2,3)4)27(21-13-14-23(36-6)24(15-21)37-7)33-22(18-39-29(33)31-19)16-25(34)32(5)17-20-11-9-8-10-12-20/h8-15,18,27H,16-17H2,1-7H3. The van der Waals surface area contributed by atoms with Crippen molar-refractivity contribution in [2.24, 2.45) is 4.99 Å². The first-order chi connectivity index (χ1) is 18.5. The largest absolute Gasteiger partial charge is 0.493 e. The highest BCUT2D eigenvalue weighted by Crippen LogP contribution is 2.46. The number of amides is 1. The summed E-state index contributed by atoms with van der Waals surface area (Å²) in [4.78, 5) is 35.3. The lowest BCUT2D eigenvalue weighted by Crippen LogP contribution is -2.39. The number of hydrogen-bond acceptors (Lipinski definition) is 8. The molecule has 2 aliphatic rings. The molecule has 0 bridgehead atoms. The van der Waals surface area contributed by atoms with Gasteiger partial charge in [-0.2, -0.15) is 0 Å². The molecule has 1 amide bonds. The van der Waals surface area contributed by atoms with Crippen LogP contribution in [0, 0.1) is 0 Å². The molecule has 2 heterocycles. The number of carbonyl (C=O) groups excluding carboxylic acids is 2. The van der Waals surface area contributed by atoms with Gasteiger partial charge in [-0.05, 0) is 56.4 Å². The number of fused-ring (bicyclic) bond motifs is 1. The molecule has 4 rings (SSSR count). The second-order valence-electron chi connectivity index (χ2n) is 10.4. The van der Waals surface area contributed by atoms with E-state index in [9.17, 15) is 9.59 Å². The second kappa shape index (κ2) is 11.6. The van der Waals surface area contributed by atoms with E-state index in [-0.39, 0.29) is 12.3 Å². The summed E-state index contributed by atoms with van der Waals surface area (Å²) in [5, 5.41) is 2.64. The summed E-state index contributed by atoms with van der Waals surface area (Å²) in [6.07, 6.45) is 0.153. The number of ether oxygens (including phenoxy) is 3. The normalized spacial score (nSPS) is 16.8. The van der Waals surface area contributed by atoms with E-state index in [4.69, 9.17) is 19.2 Å². The molecule has 0 spiro atoms. The highest BCUT2D eigenvalue weighted by atomic mass is 32.2. The van der Waals surface area contributed by atoms with E-state index in [0.717, 1.165) is 16.8 Å². The van der Waals surface area contributed by atoms with Crippen molar-refractivity contribution in [2.45, 2.75) is 52.3 Å². The van der Waals surface area contributed by atoms with Crippen molar-refractivity contribution in [3.8, 4) is 11.5 Å². The quantitative estimate of drug-likeness (QED) is 0.393. The molecule has 0 fully saturated rings. The first-order valence-corrected chi connectivity index (χ1v) is 13.6. The zero-order valence-electron chi connectivity index (χ0n) is 23.5. The number of hydrogen-bond donors (Lipinski definition) is 0. The lowest BCUT2D eigenvalue weighted by Gasteiger charge is -2.37. The summed E-state index contributed by atoms with van der Waals surface area (Å²) < 4.78 is 16.8. The Morgan fingerprint density at radius 1 is 1.05 bits per heavy atom.